The molecule has 0 unspecified atom stereocenters. The maximum Gasteiger partial charge on any atom is 0.516 e. The first-order valence-electron chi connectivity index (χ1n) is 5.79. The van der Waals surface area contributed by atoms with E-state index in [2.05, 4.69) is 5.32 Å². The fourth-order valence-corrected chi connectivity index (χ4v) is 2.11. The molecule has 4 nitrogen and oxygen atoms in total. The van der Waals surface area contributed by atoms with E-state index in [1.165, 1.54) is 22.9 Å². The van der Waals surface area contributed by atoms with Crippen LogP contribution in [-0.4, -0.2) is 13.9 Å². The average Bonchev–Trinajstić information content (AvgIpc) is 2.38. The Morgan fingerprint density at radius 2 is 1.38 bits per heavy atom. The number of hydrogen-bond acceptors (Lipinski definition) is 3. The van der Waals surface area contributed by atoms with E-state index < -0.39 is 15.5 Å². The summed E-state index contributed by atoms with van der Waals surface area (Å²) in [5.74, 6) is 0. The van der Waals surface area contributed by atoms with Gasteiger partial charge >= 0.3 is 15.5 Å². The smallest absolute Gasteiger partial charge is 0.355 e. The van der Waals surface area contributed by atoms with E-state index in [4.69, 9.17) is 0 Å². The van der Waals surface area contributed by atoms with Crippen molar-refractivity contribution in [1.82, 2.24) is 0 Å². The second-order valence-corrected chi connectivity index (χ2v) is 5.80. The quantitative estimate of drug-likeness (QED) is 0.904. The molecule has 0 aliphatic heterocycles. The molecule has 2 aromatic carbocycles. The number of sulfonamides is 1. The number of hydrogen-bond donors (Lipinski definition) is 2. The number of anilines is 3. The second kappa shape index (κ2) is 5.65. The molecular weight excluding hydrogens is 305 g/mol. The van der Waals surface area contributed by atoms with E-state index >= 15 is 0 Å². The molecule has 21 heavy (non-hydrogen) atoms. The van der Waals surface area contributed by atoms with Gasteiger partial charge in [-0.15, -0.1) is 0 Å². The second-order valence-electron chi connectivity index (χ2n) is 4.12. The maximum atomic E-state index is 12.3. The molecular formula is C13H11F3N2O2S. The largest absolute Gasteiger partial charge is 0.516 e. The van der Waals surface area contributed by atoms with E-state index in [1.807, 2.05) is 6.07 Å². The molecule has 0 radical (unpaired) electrons. The maximum absolute atomic E-state index is 12.3. The van der Waals surface area contributed by atoms with E-state index in [1.54, 1.807) is 30.3 Å². The van der Waals surface area contributed by atoms with Gasteiger partial charge in [0.05, 0.1) is 5.69 Å². The zero-order chi connectivity index (χ0) is 15.5. The highest BCUT2D eigenvalue weighted by Gasteiger charge is 2.46. The summed E-state index contributed by atoms with van der Waals surface area (Å²) >= 11 is 0. The number of nitrogens with one attached hydrogen (secondary N) is 2. The molecule has 0 bridgehead atoms. The first-order chi connectivity index (χ1) is 9.78. The molecule has 0 fully saturated rings. The van der Waals surface area contributed by atoms with Gasteiger partial charge in [-0.05, 0) is 30.3 Å². The zero-order valence-corrected chi connectivity index (χ0v) is 11.4. The molecule has 0 aliphatic rings. The Hall–Kier alpha value is -2.22. The summed E-state index contributed by atoms with van der Waals surface area (Å²) in [7, 11) is -5.42. The Balaban J connectivity index is 2.19. The van der Waals surface area contributed by atoms with Crippen LogP contribution in [0, 0.1) is 0 Å². The molecule has 0 saturated heterocycles. The summed E-state index contributed by atoms with van der Waals surface area (Å²) in [5, 5.41) is 2.95. The molecule has 112 valence electrons. The predicted octanol–water partition coefficient (Wildman–Crippen LogP) is 3.69. The van der Waals surface area contributed by atoms with Gasteiger partial charge in [0.15, 0.2) is 0 Å². The first kappa shape index (κ1) is 15.2. The molecule has 0 saturated carbocycles. The Morgan fingerprint density at radius 3 is 2.00 bits per heavy atom. The van der Waals surface area contributed by atoms with Crippen molar-refractivity contribution in [3.63, 3.8) is 0 Å². The minimum absolute atomic E-state index is 0.173. The summed E-state index contributed by atoms with van der Waals surface area (Å²) < 4.78 is 60.5. The van der Waals surface area contributed by atoms with E-state index in [0.717, 1.165) is 5.69 Å². The summed E-state index contributed by atoms with van der Waals surface area (Å²) in [6, 6.07) is 14.5. The summed E-state index contributed by atoms with van der Waals surface area (Å²) in [5.41, 5.74) is -4.33. The van der Waals surface area contributed by atoms with Crippen LogP contribution in [0.3, 0.4) is 0 Å². The molecule has 0 aromatic heterocycles. The zero-order valence-electron chi connectivity index (χ0n) is 10.6. The van der Waals surface area contributed by atoms with Crippen molar-refractivity contribution in [1.29, 1.82) is 0 Å². The van der Waals surface area contributed by atoms with Gasteiger partial charge in [-0.3, -0.25) is 4.72 Å². The van der Waals surface area contributed by atoms with Crippen molar-refractivity contribution in [2.75, 3.05) is 10.0 Å². The van der Waals surface area contributed by atoms with Crippen molar-refractivity contribution in [2.45, 2.75) is 5.51 Å². The van der Waals surface area contributed by atoms with Crippen LogP contribution < -0.4 is 10.0 Å². The first-order valence-corrected chi connectivity index (χ1v) is 7.27. The number of rotatable bonds is 4. The number of alkyl halides is 3. The topological polar surface area (TPSA) is 58.2 Å². The van der Waals surface area contributed by atoms with E-state index in [9.17, 15) is 21.6 Å². The molecule has 2 rings (SSSR count). The molecule has 0 spiro atoms. The number of para-hydroxylation sites is 1. The third kappa shape index (κ3) is 3.88. The van der Waals surface area contributed by atoms with Gasteiger partial charge in [-0.2, -0.15) is 21.6 Å². The Bertz CT molecular complexity index is 716. The summed E-state index contributed by atoms with van der Waals surface area (Å²) in [6.07, 6.45) is 0. The minimum Gasteiger partial charge on any atom is -0.355 e. The fourth-order valence-electron chi connectivity index (χ4n) is 1.56. The van der Waals surface area contributed by atoms with Crippen LogP contribution in [-0.2, 0) is 10.0 Å². The van der Waals surface area contributed by atoms with Gasteiger partial charge in [0, 0.05) is 11.4 Å². The van der Waals surface area contributed by atoms with Gasteiger partial charge in [0.25, 0.3) is 0 Å². The Kier molecular flexibility index (Phi) is 4.08. The van der Waals surface area contributed by atoms with Gasteiger partial charge in [0.1, 0.15) is 0 Å². The van der Waals surface area contributed by atoms with Crippen molar-refractivity contribution in [3.05, 3.63) is 54.6 Å². The molecule has 2 N–H and O–H groups in total. The molecule has 0 amide bonds. The van der Waals surface area contributed by atoms with E-state index in [-0.39, 0.29) is 5.69 Å². The third-order valence-corrected chi connectivity index (χ3v) is 3.60. The van der Waals surface area contributed by atoms with Crippen LogP contribution in [0.1, 0.15) is 0 Å². The van der Waals surface area contributed by atoms with Crippen LogP contribution in [0.25, 0.3) is 0 Å². The monoisotopic (exact) mass is 316 g/mol. The summed E-state index contributed by atoms with van der Waals surface area (Å²) in [4.78, 5) is 0. The standard InChI is InChI=1S/C13H11F3N2O2S/c14-13(15,16)21(19,20)18-12-8-4-7-11(9-12)17-10-5-2-1-3-6-10/h1-9,17-18H. The third-order valence-electron chi connectivity index (χ3n) is 2.48. The molecule has 0 aliphatic carbocycles. The Morgan fingerprint density at radius 1 is 0.810 bits per heavy atom. The van der Waals surface area contributed by atoms with E-state index in [0.29, 0.717) is 5.69 Å². The molecule has 0 atom stereocenters. The van der Waals surface area contributed by atoms with Crippen LogP contribution in [0.5, 0.6) is 0 Å². The molecule has 2 aromatic rings. The van der Waals surface area contributed by atoms with Gasteiger partial charge in [-0.1, -0.05) is 24.3 Å². The lowest BCUT2D eigenvalue weighted by molar-refractivity contribution is -0.0429. The lowest BCUT2D eigenvalue weighted by Gasteiger charge is -2.12. The van der Waals surface area contributed by atoms with Crippen molar-refractivity contribution < 1.29 is 21.6 Å². The van der Waals surface area contributed by atoms with Crippen molar-refractivity contribution >= 4 is 27.1 Å². The highest BCUT2D eigenvalue weighted by molar-refractivity contribution is 7.93. The summed E-state index contributed by atoms with van der Waals surface area (Å²) in [6.45, 7) is 0. The van der Waals surface area contributed by atoms with Crippen LogP contribution in [0.2, 0.25) is 0 Å². The van der Waals surface area contributed by atoms with Crippen LogP contribution >= 0.6 is 0 Å². The number of halogens is 3. The highest BCUT2D eigenvalue weighted by Crippen LogP contribution is 2.27. The fraction of sp³-hybridized carbons (Fsp3) is 0.0769. The normalized spacial score (nSPS) is 12.0. The van der Waals surface area contributed by atoms with Crippen molar-refractivity contribution in [3.8, 4) is 0 Å². The lowest BCUT2D eigenvalue weighted by Crippen LogP contribution is -2.29. The van der Waals surface area contributed by atoms with Crippen LogP contribution in [0.4, 0.5) is 30.2 Å². The van der Waals surface area contributed by atoms with Gasteiger partial charge < -0.3 is 5.32 Å². The molecule has 0 heterocycles. The van der Waals surface area contributed by atoms with Crippen molar-refractivity contribution in [2.24, 2.45) is 0 Å². The lowest BCUT2D eigenvalue weighted by atomic mass is 10.2. The highest BCUT2D eigenvalue weighted by atomic mass is 32.2. The van der Waals surface area contributed by atoms with Crippen LogP contribution in [0.15, 0.2) is 54.6 Å². The van der Waals surface area contributed by atoms with Gasteiger partial charge in [0.2, 0.25) is 0 Å². The van der Waals surface area contributed by atoms with Gasteiger partial charge in [-0.25, -0.2) is 0 Å². The predicted molar refractivity (Wildman–Crippen MR) is 74.8 cm³/mol. The minimum atomic E-state index is -5.42. The number of benzene rings is 2. The average molecular weight is 316 g/mol. The SMILES string of the molecule is O=S(=O)(Nc1cccc(Nc2ccccc2)c1)C(F)(F)F. The molecule has 8 heteroatoms. The Labute approximate surface area is 119 Å².